The molecule has 2 atom stereocenters. The third-order valence-corrected chi connectivity index (χ3v) is 3.13. The van der Waals surface area contributed by atoms with Gasteiger partial charge in [0.05, 0.1) is 6.61 Å². The quantitative estimate of drug-likeness (QED) is 0.545. The van der Waals surface area contributed by atoms with Gasteiger partial charge in [-0.2, -0.15) is 0 Å². The number of hydrogen-bond acceptors (Lipinski definition) is 4. The number of rotatable bonds is 3. The van der Waals surface area contributed by atoms with Crippen LogP contribution in [0.3, 0.4) is 0 Å². The Labute approximate surface area is 100 Å². The molecular formula is C12H17NO4. The van der Waals surface area contributed by atoms with Crippen molar-refractivity contribution in [1.82, 2.24) is 4.90 Å². The molecule has 0 aromatic heterocycles. The Balaban J connectivity index is 1.87. The lowest BCUT2D eigenvalue weighted by Crippen LogP contribution is -2.32. The highest BCUT2D eigenvalue weighted by Crippen LogP contribution is 2.22. The van der Waals surface area contributed by atoms with Crippen molar-refractivity contribution in [2.45, 2.75) is 32.0 Å². The fourth-order valence-electron chi connectivity index (χ4n) is 2.12. The first kappa shape index (κ1) is 12.1. The second kappa shape index (κ2) is 5.31. The molecule has 0 aromatic rings. The summed E-state index contributed by atoms with van der Waals surface area (Å²) >= 11 is 0. The Morgan fingerprint density at radius 3 is 2.88 bits per heavy atom. The van der Waals surface area contributed by atoms with Crippen LogP contribution in [-0.4, -0.2) is 36.2 Å². The van der Waals surface area contributed by atoms with Crippen LogP contribution < -0.4 is 0 Å². The van der Waals surface area contributed by atoms with Crippen LogP contribution in [0.2, 0.25) is 0 Å². The average molecular weight is 239 g/mol. The minimum Gasteiger partial charge on any atom is -0.435 e. The zero-order chi connectivity index (χ0) is 12.3. The summed E-state index contributed by atoms with van der Waals surface area (Å²) in [6.45, 7) is 4.69. The molecule has 0 bridgehead atoms. The maximum atomic E-state index is 11.8. The number of hydrogen-bond donors (Lipinski definition) is 0. The van der Waals surface area contributed by atoms with Crippen molar-refractivity contribution >= 4 is 11.9 Å². The molecule has 5 heteroatoms. The van der Waals surface area contributed by atoms with Gasteiger partial charge in [-0.25, -0.2) is 0 Å². The normalized spacial score (nSPS) is 29.2. The first-order chi connectivity index (χ1) is 8.22. The fourth-order valence-corrected chi connectivity index (χ4v) is 2.12. The third kappa shape index (κ3) is 2.66. The zero-order valence-electron chi connectivity index (χ0n) is 9.76. The standard InChI is InChI=1S/C12H17NO4/c1-2-13-7-6-9(11(13)14)12(15)17-10-5-3-4-8-16-10/h2,9-10H,1,3-8H2. The molecule has 2 rings (SSSR count). The molecule has 0 N–H and O–H groups in total. The van der Waals surface area contributed by atoms with E-state index in [1.54, 1.807) is 0 Å². The van der Waals surface area contributed by atoms with E-state index in [2.05, 4.69) is 6.58 Å². The molecule has 0 aromatic carbocycles. The van der Waals surface area contributed by atoms with Gasteiger partial charge in [0.25, 0.3) is 0 Å². The molecule has 0 aliphatic carbocycles. The Bertz CT molecular complexity index is 322. The van der Waals surface area contributed by atoms with Gasteiger partial charge in [0.2, 0.25) is 12.2 Å². The second-order valence-electron chi connectivity index (χ2n) is 4.29. The van der Waals surface area contributed by atoms with E-state index < -0.39 is 18.2 Å². The summed E-state index contributed by atoms with van der Waals surface area (Å²) in [6.07, 6.45) is 4.19. The molecule has 0 spiro atoms. The molecule has 2 heterocycles. The van der Waals surface area contributed by atoms with Gasteiger partial charge in [0, 0.05) is 13.0 Å². The molecular weight excluding hydrogens is 222 g/mol. The third-order valence-electron chi connectivity index (χ3n) is 3.13. The van der Waals surface area contributed by atoms with Crippen molar-refractivity contribution in [3.8, 4) is 0 Å². The molecule has 2 aliphatic heterocycles. The Morgan fingerprint density at radius 2 is 2.29 bits per heavy atom. The molecule has 5 nitrogen and oxygen atoms in total. The predicted octanol–water partition coefficient (Wildman–Crippen LogP) is 1.05. The molecule has 2 aliphatic rings. The summed E-state index contributed by atoms with van der Waals surface area (Å²) in [5, 5.41) is 0. The van der Waals surface area contributed by atoms with E-state index in [1.165, 1.54) is 11.1 Å². The van der Waals surface area contributed by atoms with Crippen LogP contribution in [0.25, 0.3) is 0 Å². The minimum absolute atomic E-state index is 0.221. The van der Waals surface area contributed by atoms with Gasteiger partial charge in [-0.3, -0.25) is 9.59 Å². The van der Waals surface area contributed by atoms with Crippen molar-refractivity contribution in [2.24, 2.45) is 5.92 Å². The highest BCUT2D eigenvalue weighted by atomic mass is 16.7. The summed E-state index contributed by atoms with van der Waals surface area (Å²) in [7, 11) is 0. The van der Waals surface area contributed by atoms with Crippen molar-refractivity contribution in [3.63, 3.8) is 0 Å². The number of esters is 1. The topological polar surface area (TPSA) is 55.8 Å². The second-order valence-corrected chi connectivity index (χ2v) is 4.29. The van der Waals surface area contributed by atoms with Crippen molar-refractivity contribution < 1.29 is 19.1 Å². The molecule has 2 unspecified atom stereocenters. The summed E-state index contributed by atoms with van der Waals surface area (Å²) < 4.78 is 10.5. The highest BCUT2D eigenvalue weighted by Gasteiger charge is 2.38. The van der Waals surface area contributed by atoms with Crippen LogP contribution >= 0.6 is 0 Å². The van der Waals surface area contributed by atoms with Crippen LogP contribution in [0, 0.1) is 5.92 Å². The Kier molecular flexibility index (Phi) is 3.78. The number of carbonyl (C=O) groups excluding carboxylic acids is 2. The first-order valence-corrected chi connectivity index (χ1v) is 5.97. The van der Waals surface area contributed by atoms with Gasteiger partial charge < -0.3 is 14.4 Å². The van der Waals surface area contributed by atoms with Crippen LogP contribution in [0.15, 0.2) is 12.8 Å². The van der Waals surface area contributed by atoms with E-state index in [0.717, 1.165) is 19.3 Å². The molecule has 0 radical (unpaired) electrons. The number of likely N-dealkylation sites (tertiary alicyclic amines) is 1. The lowest BCUT2D eigenvalue weighted by atomic mass is 10.1. The number of amides is 1. The van der Waals surface area contributed by atoms with Crippen molar-refractivity contribution in [1.29, 1.82) is 0 Å². The Morgan fingerprint density at radius 1 is 1.47 bits per heavy atom. The molecule has 1 amide bonds. The number of carbonyl (C=O) groups is 2. The van der Waals surface area contributed by atoms with E-state index >= 15 is 0 Å². The van der Waals surface area contributed by atoms with Gasteiger partial charge in [0.15, 0.2) is 0 Å². The largest absolute Gasteiger partial charge is 0.435 e. The SMILES string of the molecule is C=CN1CCC(C(=O)OC2CCCCO2)C1=O. The smallest absolute Gasteiger partial charge is 0.320 e. The molecule has 2 fully saturated rings. The van der Waals surface area contributed by atoms with Gasteiger partial charge in [-0.05, 0) is 25.5 Å². The van der Waals surface area contributed by atoms with Crippen LogP contribution in [-0.2, 0) is 19.1 Å². The summed E-state index contributed by atoms with van der Waals surface area (Å²) in [5.74, 6) is -1.37. The number of ether oxygens (including phenoxy) is 2. The van der Waals surface area contributed by atoms with Crippen molar-refractivity contribution in [3.05, 3.63) is 12.8 Å². The monoisotopic (exact) mass is 239 g/mol. The van der Waals surface area contributed by atoms with E-state index in [9.17, 15) is 9.59 Å². The van der Waals surface area contributed by atoms with Gasteiger partial charge >= 0.3 is 5.97 Å². The van der Waals surface area contributed by atoms with E-state index in [1.807, 2.05) is 0 Å². The van der Waals surface area contributed by atoms with Crippen LogP contribution in [0.1, 0.15) is 25.7 Å². The van der Waals surface area contributed by atoms with E-state index in [-0.39, 0.29) is 5.91 Å². The van der Waals surface area contributed by atoms with Gasteiger partial charge in [-0.15, -0.1) is 0 Å². The first-order valence-electron chi connectivity index (χ1n) is 5.97. The fraction of sp³-hybridized carbons (Fsp3) is 0.667. The summed E-state index contributed by atoms with van der Waals surface area (Å²) in [5.41, 5.74) is 0. The van der Waals surface area contributed by atoms with E-state index in [4.69, 9.17) is 9.47 Å². The summed E-state index contributed by atoms with van der Waals surface area (Å²) in [4.78, 5) is 25.0. The molecule has 0 saturated carbocycles. The lowest BCUT2D eigenvalue weighted by Gasteiger charge is -2.23. The maximum Gasteiger partial charge on any atom is 0.320 e. The number of nitrogens with zero attached hydrogens (tertiary/aromatic N) is 1. The Hall–Kier alpha value is -1.36. The zero-order valence-corrected chi connectivity index (χ0v) is 9.76. The molecule has 2 saturated heterocycles. The molecule has 94 valence electrons. The van der Waals surface area contributed by atoms with Crippen molar-refractivity contribution in [2.75, 3.05) is 13.2 Å². The maximum absolute atomic E-state index is 11.8. The average Bonchev–Trinajstić information content (AvgIpc) is 2.71. The van der Waals surface area contributed by atoms with Gasteiger partial charge in [0.1, 0.15) is 5.92 Å². The van der Waals surface area contributed by atoms with Crippen LogP contribution in [0.5, 0.6) is 0 Å². The predicted molar refractivity (Wildman–Crippen MR) is 59.7 cm³/mol. The van der Waals surface area contributed by atoms with Crippen LogP contribution in [0.4, 0.5) is 0 Å². The highest BCUT2D eigenvalue weighted by molar-refractivity contribution is 5.99. The minimum atomic E-state index is -0.682. The van der Waals surface area contributed by atoms with Gasteiger partial charge in [-0.1, -0.05) is 6.58 Å². The molecule has 17 heavy (non-hydrogen) atoms. The lowest BCUT2D eigenvalue weighted by molar-refractivity contribution is -0.191. The summed E-state index contributed by atoms with van der Waals surface area (Å²) in [6, 6.07) is 0. The van der Waals surface area contributed by atoms with E-state index in [0.29, 0.717) is 19.6 Å².